The Bertz CT molecular complexity index is 594. The molecule has 0 bridgehead atoms. The zero-order valence-corrected chi connectivity index (χ0v) is 11.9. The van der Waals surface area contributed by atoms with Gasteiger partial charge in [0.25, 0.3) is 0 Å². The molecule has 0 unspecified atom stereocenters. The third kappa shape index (κ3) is 2.14. The van der Waals surface area contributed by atoms with Gasteiger partial charge < -0.3 is 14.8 Å². The second-order valence-electron chi connectivity index (χ2n) is 4.92. The standard InChI is InChI=1S/C17H19NO2/c1-19-15-10-13-8-9-18-11-14(13)16(17(15)20-2)12-6-4-3-5-7-12/h3-7,10,18H,8-9,11H2,1-2H3. The van der Waals surface area contributed by atoms with E-state index in [2.05, 4.69) is 35.6 Å². The van der Waals surface area contributed by atoms with E-state index in [-0.39, 0.29) is 0 Å². The first-order valence-electron chi connectivity index (χ1n) is 6.88. The summed E-state index contributed by atoms with van der Waals surface area (Å²) in [6.45, 7) is 1.89. The van der Waals surface area contributed by atoms with E-state index < -0.39 is 0 Å². The van der Waals surface area contributed by atoms with Gasteiger partial charge >= 0.3 is 0 Å². The smallest absolute Gasteiger partial charge is 0.168 e. The summed E-state index contributed by atoms with van der Waals surface area (Å²) in [6, 6.07) is 12.5. The molecule has 0 aromatic heterocycles. The molecule has 0 saturated carbocycles. The molecule has 3 heteroatoms. The summed E-state index contributed by atoms with van der Waals surface area (Å²) in [6.07, 6.45) is 1.02. The Balaban J connectivity index is 2.29. The minimum atomic E-state index is 0.812. The Labute approximate surface area is 119 Å². The molecular formula is C17H19NO2. The number of hydrogen-bond donors (Lipinski definition) is 1. The number of benzene rings is 2. The van der Waals surface area contributed by atoms with Crippen LogP contribution in [0.25, 0.3) is 11.1 Å². The molecule has 0 amide bonds. The average Bonchev–Trinajstić information content (AvgIpc) is 2.53. The highest BCUT2D eigenvalue weighted by Crippen LogP contribution is 2.43. The van der Waals surface area contributed by atoms with Crippen LogP contribution in [0, 0.1) is 0 Å². The molecule has 0 radical (unpaired) electrons. The van der Waals surface area contributed by atoms with Gasteiger partial charge in [-0.2, -0.15) is 0 Å². The largest absolute Gasteiger partial charge is 0.493 e. The molecule has 1 aliphatic heterocycles. The van der Waals surface area contributed by atoms with Crippen LogP contribution >= 0.6 is 0 Å². The van der Waals surface area contributed by atoms with Crippen LogP contribution in [-0.2, 0) is 13.0 Å². The average molecular weight is 269 g/mol. The quantitative estimate of drug-likeness (QED) is 0.929. The molecule has 3 nitrogen and oxygen atoms in total. The van der Waals surface area contributed by atoms with Crippen LogP contribution < -0.4 is 14.8 Å². The summed E-state index contributed by atoms with van der Waals surface area (Å²) in [5.74, 6) is 1.63. The monoisotopic (exact) mass is 269 g/mol. The topological polar surface area (TPSA) is 30.5 Å². The minimum Gasteiger partial charge on any atom is -0.493 e. The minimum absolute atomic E-state index is 0.812. The van der Waals surface area contributed by atoms with Crippen LogP contribution in [-0.4, -0.2) is 20.8 Å². The lowest BCUT2D eigenvalue weighted by Crippen LogP contribution is -2.24. The highest BCUT2D eigenvalue weighted by atomic mass is 16.5. The number of methoxy groups -OCH3 is 2. The molecule has 1 N–H and O–H groups in total. The predicted molar refractivity (Wildman–Crippen MR) is 80.4 cm³/mol. The lowest BCUT2D eigenvalue weighted by molar-refractivity contribution is 0.354. The van der Waals surface area contributed by atoms with E-state index in [1.165, 1.54) is 16.7 Å². The van der Waals surface area contributed by atoms with Crippen molar-refractivity contribution >= 4 is 0 Å². The van der Waals surface area contributed by atoms with Crippen molar-refractivity contribution in [1.29, 1.82) is 0 Å². The highest BCUT2D eigenvalue weighted by molar-refractivity contribution is 5.79. The highest BCUT2D eigenvalue weighted by Gasteiger charge is 2.22. The number of ether oxygens (including phenoxy) is 2. The molecule has 2 aromatic rings. The van der Waals surface area contributed by atoms with E-state index in [9.17, 15) is 0 Å². The SMILES string of the molecule is COc1cc2c(c(-c3ccccc3)c1OC)CNCC2. The van der Waals surface area contributed by atoms with Gasteiger partial charge in [0.2, 0.25) is 0 Å². The lowest BCUT2D eigenvalue weighted by atomic mass is 9.90. The molecule has 1 aliphatic rings. The fourth-order valence-electron chi connectivity index (χ4n) is 2.86. The second-order valence-corrected chi connectivity index (χ2v) is 4.92. The van der Waals surface area contributed by atoms with Crippen molar-refractivity contribution in [3.8, 4) is 22.6 Å². The van der Waals surface area contributed by atoms with Crippen molar-refractivity contribution in [2.45, 2.75) is 13.0 Å². The molecular weight excluding hydrogens is 250 g/mol. The number of fused-ring (bicyclic) bond motifs is 1. The van der Waals surface area contributed by atoms with Gasteiger partial charge in [0.1, 0.15) is 0 Å². The first-order valence-corrected chi connectivity index (χ1v) is 6.88. The van der Waals surface area contributed by atoms with Crippen LogP contribution in [0.4, 0.5) is 0 Å². The third-order valence-corrected chi connectivity index (χ3v) is 3.80. The summed E-state index contributed by atoms with van der Waals surface area (Å²) in [4.78, 5) is 0. The molecule has 0 saturated heterocycles. The normalized spacial score (nSPS) is 13.7. The zero-order valence-electron chi connectivity index (χ0n) is 11.9. The molecule has 0 spiro atoms. The van der Waals surface area contributed by atoms with Crippen molar-refractivity contribution in [2.24, 2.45) is 0 Å². The lowest BCUT2D eigenvalue weighted by Gasteiger charge is -2.24. The van der Waals surface area contributed by atoms with Gasteiger partial charge in [-0.1, -0.05) is 30.3 Å². The first kappa shape index (κ1) is 13.0. The fourth-order valence-corrected chi connectivity index (χ4v) is 2.86. The Morgan fingerprint density at radius 1 is 1.05 bits per heavy atom. The summed E-state index contributed by atoms with van der Waals surface area (Å²) in [5.41, 5.74) is 4.98. The van der Waals surface area contributed by atoms with Gasteiger partial charge in [0, 0.05) is 12.1 Å². The number of nitrogens with one attached hydrogen (secondary N) is 1. The Hall–Kier alpha value is -2.00. The van der Waals surface area contributed by atoms with Crippen LogP contribution in [0.5, 0.6) is 11.5 Å². The Morgan fingerprint density at radius 2 is 1.85 bits per heavy atom. The second kappa shape index (κ2) is 5.55. The van der Waals surface area contributed by atoms with Crippen molar-refractivity contribution in [3.05, 3.63) is 47.5 Å². The van der Waals surface area contributed by atoms with E-state index in [4.69, 9.17) is 9.47 Å². The van der Waals surface area contributed by atoms with Crippen molar-refractivity contribution in [3.63, 3.8) is 0 Å². The van der Waals surface area contributed by atoms with Gasteiger partial charge in [-0.3, -0.25) is 0 Å². The molecule has 0 atom stereocenters. The van der Waals surface area contributed by atoms with Crippen molar-refractivity contribution in [1.82, 2.24) is 5.32 Å². The van der Waals surface area contributed by atoms with Crippen LogP contribution in [0.3, 0.4) is 0 Å². The van der Waals surface area contributed by atoms with Crippen molar-refractivity contribution in [2.75, 3.05) is 20.8 Å². The zero-order chi connectivity index (χ0) is 13.9. The van der Waals surface area contributed by atoms with E-state index in [0.29, 0.717) is 0 Å². The summed E-state index contributed by atoms with van der Waals surface area (Å²) in [5, 5.41) is 3.44. The summed E-state index contributed by atoms with van der Waals surface area (Å²) >= 11 is 0. The summed E-state index contributed by atoms with van der Waals surface area (Å²) < 4.78 is 11.2. The molecule has 0 aliphatic carbocycles. The van der Waals surface area contributed by atoms with Gasteiger partial charge in [-0.25, -0.2) is 0 Å². The fraction of sp³-hybridized carbons (Fsp3) is 0.294. The van der Waals surface area contributed by atoms with Crippen LogP contribution in [0.1, 0.15) is 11.1 Å². The van der Waals surface area contributed by atoms with E-state index in [1.54, 1.807) is 14.2 Å². The van der Waals surface area contributed by atoms with E-state index in [1.807, 2.05) is 6.07 Å². The van der Waals surface area contributed by atoms with Crippen molar-refractivity contribution < 1.29 is 9.47 Å². The van der Waals surface area contributed by atoms with Gasteiger partial charge in [-0.15, -0.1) is 0 Å². The van der Waals surface area contributed by atoms with Gasteiger partial charge in [0.15, 0.2) is 11.5 Å². The maximum absolute atomic E-state index is 5.64. The third-order valence-electron chi connectivity index (χ3n) is 3.80. The van der Waals surface area contributed by atoms with E-state index >= 15 is 0 Å². The number of rotatable bonds is 3. The molecule has 3 rings (SSSR count). The van der Waals surface area contributed by atoms with Gasteiger partial charge in [-0.05, 0) is 35.7 Å². The molecule has 2 aromatic carbocycles. The predicted octanol–water partition coefficient (Wildman–Crippen LogP) is 3.02. The van der Waals surface area contributed by atoms with Gasteiger partial charge in [0.05, 0.1) is 14.2 Å². The first-order chi connectivity index (χ1) is 9.85. The number of hydrogen-bond acceptors (Lipinski definition) is 3. The molecule has 1 heterocycles. The molecule has 20 heavy (non-hydrogen) atoms. The van der Waals surface area contributed by atoms with Crippen LogP contribution in [0.2, 0.25) is 0 Å². The maximum Gasteiger partial charge on any atom is 0.168 e. The molecule has 104 valence electrons. The molecule has 0 fully saturated rings. The Kier molecular flexibility index (Phi) is 3.61. The maximum atomic E-state index is 5.64. The summed E-state index contributed by atoms with van der Waals surface area (Å²) in [7, 11) is 3.40. The van der Waals surface area contributed by atoms with E-state index in [0.717, 1.165) is 36.6 Å². The Morgan fingerprint density at radius 3 is 2.55 bits per heavy atom. The van der Waals surface area contributed by atoms with Crippen LogP contribution in [0.15, 0.2) is 36.4 Å².